The van der Waals surface area contributed by atoms with Gasteiger partial charge in [-0.2, -0.15) is 8.78 Å². The van der Waals surface area contributed by atoms with E-state index in [9.17, 15) is 30.7 Å². The number of hydrogen-bond acceptors (Lipinski definition) is 1. The van der Waals surface area contributed by atoms with E-state index in [-0.39, 0.29) is 10.8 Å². The van der Waals surface area contributed by atoms with Gasteiger partial charge in [0.15, 0.2) is 8.07 Å². The third-order valence-electron chi connectivity index (χ3n) is 3.25. The van der Waals surface area contributed by atoms with Gasteiger partial charge in [-0.25, -0.2) is 13.5 Å². The molecule has 0 spiro atoms. The lowest BCUT2D eigenvalue weighted by Gasteiger charge is -2.37. The Balaban J connectivity index is 3.38. The van der Waals surface area contributed by atoms with Crippen LogP contribution in [0.1, 0.15) is 5.56 Å². The summed E-state index contributed by atoms with van der Waals surface area (Å²) in [6.07, 6.45) is -10.4. The molecule has 1 rings (SSSR count). The zero-order valence-corrected chi connectivity index (χ0v) is 12.6. The summed E-state index contributed by atoms with van der Waals surface area (Å²) in [5.74, 6) is 0. The van der Waals surface area contributed by atoms with Crippen molar-refractivity contribution in [2.24, 2.45) is 0 Å². The Bertz CT molecular complexity index is 552. The fraction of sp³-hybridized carbons (Fsp3) is 0.385. The molecule has 0 aliphatic carbocycles. The molecular weight excluding hydrogens is 333 g/mol. The van der Waals surface area contributed by atoms with Crippen LogP contribution in [0.4, 0.5) is 30.7 Å². The number of ether oxygens (including phenoxy) is 1. The molecule has 0 unspecified atom stereocenters. The van der Waals surface area contributed by atoms with Gasteiger partial charge < -0.3 is 0 Å². The minimum atomic E-state index is -5.88. The molecule has 0 saturated carbocycles. The van der Waals surface area contributed by atoms with Gasteiger partial charge in [-0.15, -0.1) is 13.2 Å². The minimum Gasteiger partial charge on any atom is -0.221 e. The van der Waals surface area contributed by atoms with E-state index in [4.69, 9.17) is 0 Å². The van der Waals surface area contributed by atoms with Crippen LogP contribution in [0.3, 0.4) is 0 Å². The molecule has 0 radical (unpaired) electrons. The standard InChI is InChI=1S/C13H13F7OSi/c1-4-9-7-5-6-8-10(9)22(2,3)12(16,17)11(14,15)21-13(18,19)20/h4-8H,1H2,2-3H3. The zero-order chi connectivity index (χ0) is 17.4. The topological polar surface area (TPSA) is 9.23 Å². The summed E-state index contributed by atoms with van der Waals surface area (Å²) in [6, 6.07) is 5.38. The van der Waals surface area contributed by atoms with Crippen LogP contribution >= 0.6 is 0 Å². The lowest BCUT2D eigenvalue weighted by molar-refractivity contribution is -0.454. The average molecular weight is 346 g/mol. The van der Waals surface area contributed by atoms with E-state index in [1.165, 1.54) is 30.3 Å². The van der Waals surface area contributed by atoms with Crippen LogP contribution in [0, 0.1) is 0 Å². The van der Waals surface area contributed by atoms with Gasteiger partial charge in [0.1, 0.15) is 0 Å². The molecule has 0 aromatic heterocycles. The van der Waals surface area contributed by atoms with Crippen molar-refractivity contribution in [3.8, 4) is 0 Å². The first-order valence-corrected chi connectivity index (χ1v) is 9.01. The van der Waals surface area contributed by atoms with E-state index >= 15 is 0 Å². The summed E-state index contributed by atoms with van der Waals surface area (Å²) >= 11 is 0. The summed E-state index contributed by atoms with van der Waals surface area (Å²) < 4.78 is 93.5. The third kappa shape index (κ3) is 3.35. The maximum Gasteiger partial charge on any atom is 0.527 e. The average Bonchev–Trinajstić information content (AvgIpc) is 2.35. The van der Waals surface area contributed by atoms with E-state index in [2.05, 4.69) is 11.3 Å². The van der Waals surface area contributed by atoms with Gasteiger partial charge in [0.05, 0.1) is 0 Å². The van der Waals surface area contributed by atoms with Crippen LogP contribution < -0.4 is 5.19 Å². The van der Waals surface area contributed by atoms with Crippen LogP contribution in [-0.2, 0) is 4.74 Å². The molecule has 0 saturated heterocycles. The van der Waals surface area contributed by atoms with E-state index in [1.54, 1.807) is 0 Å². The molecule has 22 heavy (non-hydrogen) atoms. The number of alkyl halides is 7. The SMILES string of the molecule is C=Cc1ccccc1[Si](C)(C)C(F)(F)C(F)(F)OC(F)(F)F. The summed E-state index contributed by atoms with van der Waals surface area (Å²) in [4.78, 5) is 0. The first-order chi connectivity index (χ1) is 9.76. The lowest BCUT2D eigenvalue weighted by atomic mass is 10.2. The van der Waals surface area contributed by atoms with Crippen molar-refractivity contribution in [2.45, 2.75) is 31.1 Å². The summed E-state index contributed by atoms with van der Waals surface area (Å²) in [5, 5.41) is -0.138. The second-order valence-electron chi connectivity index (χ2n) is 5.06. The van der Waals surface area contributed by atoms with Crippen LogP contribution in [0.2, 0.25) is 13.1 Å². The van der Waals surface area contributed by atoms with Crippen LogP contribution in [0.15, 0.2) is 30.8 Å². The molecule has 1 aromatic rings. The summed E-state index contributed by atoms with van der Waals surface area (Å²) in [7, 11) is -4.39. The molecule has 0 bridgehead atoms. The van der Waals surface area contributed by atoms with Gasteiger partial charge in [0.2, 0.25) is 0 Å². The van der Waals surface area contributed by atoms with Crippen molar-refractivity contribution in [3.63, 3.8) is 0 Å². The Hall–Kier alpha value is -1.35. The fourth-order valence-corrected chi connectivity index (χ4v) is 4.52. The van der Waals surface area contributed by atoms with E-state index in [1.807, 2.05) is 0 Å². The molecule has 0 N–H and O–H groups in total. The van der Waals surface area contributed by atoms with Crippen molar-refractivity contribution >= 4 is 19.3 Å². The maximum atomic E-state index is 14.2. The van der Waals surface area contributed by atoms with Crippen LogP contribution in [0.25, 0.3) is 6.08 Å². The zero-order valence-electron chi connectivity index (χ0n) is 11.6. The Morgan fingerprint density at radius 3 is 1.95 bits per heavy atom. The highest BCUT2D eigenvalue weighted by Crippen LogP contribution is 2.45. The highest BCUT2D eigenvalue weighted by atomic mass is 28.3. The summed E-state index contributed by atoms with van der Waals surface area (Å²) in [5.41, 5.74) is -4.82. The van der Waals surface area contributed by atoms with Gasteiger partial charge in [-0.1, -0.05) is 50.0 Å². The van der Waals surface area contributed by atoms with E-state index < -0.39 is 26.1 Å². The first-order valence-electron chi connectivity index (χ1n) is 6.01. The van der Waals surface area contributed by atoms with Crippen molar-refractivity contribution in [1.29, 1.82) is 0 Å². The molecule has 0 heterocycles. The molecule has 1 nitrogen and oxygen atoms in total. The third-order valence-corrected chi connectivity index (χ3v) is 6.91. The minimum absolute atomic E-state index is 0.138. The Labute approximate surface area is 123 Å². The van der Waals surface area contributed by atoms with E-state index in [0.717, 1.165) is 13.1 Å². The number of benzene rings is 1. The highest BCUT2D eigenvalue weighted by Gasteiger charge is 2.70. The van der Waals surface area contributed by atoms with Crippen LogP contribution in [0.5, 0.6) is 0 Å². The smallest absolute Gasteiger partial charge is 0.221 e. The van der Waals surface area contributed by atoms with Crippen molar-refractivity contribution < 1.29 is 35.5 Å². The molecule has 9 heteroatoms. The molecule has 0 aliphatic heterocycles. The van der Waals surface area contributed by atoms with Gasteiger partial charge in [0.25, 0.3) is 0 Å². The molecule has 0 aliphatic rings. The molecule has 1 aromatic carbocycles. The normalized spacial score (nSPS) is 14.0. The molecule has 0 atom stereocenters. The molecular formula is C13H13F7OSi. The Morgan fingerprint density at radius 1 is 1.00 bits per heavy atom. The largest absolute Gasteiger partial charge is 0.527 e. The molecule has 0 fully saturated rings. The second kappa shape index (κ2) is 5.69. The number of halogens is 7. The first kappa shape index (κ1) is 18.7. The van der Waals surface area contributed by atoms with Crippen molar-refractivity contribution in [3.05, 3.63) is 36.4 Å². The van der Waals surface area contributed by atoms with Crippen molar-refractivity contribution in [1.82, 2.24) is 0 Å². The number of rotatable bonds is 5. The van der Waals surface area contributed by atoms with Crippen molar-refractivity contribution in [2.75, 3.05) is 0 Å². The summed E-state index contributed by atoms with van der Waals surface area (Å²) in [6.45, 7) is 5.09. The van der Waals surface area contributed by atoms with Gasteiger partial charge in [-0.05, 0) is 10.8 Å². The van der Waals surface area contributed by atoms with Gasteiger partial charge >= 0.3 is 18.0 Å². The maximum absolute atomic E-state index is 14.2. The highest BCUT2D eigenvalue weighted by molar-refractivity contribution is 6.92. The lowest BCUT2D eigenvalue weighted by Crippen LogP contribution is -2.67. The Kier molecular flexibility index (Phi) is 4.84. The van der Waals surface area contributed by atoms with Gasteiger partial charge in [0, 0.05) is 0 Å². The Morgan fingerprint density at radius 2 is 1.50 bits per heavy atom. The quantitative estimate of drug-likeness (QED) is 0.561. The molecule has 0 amide bonds. The van der Waals surface area contributed by atoms with Gasteiger partial charge in [-0.3, -0.25) is 0 Å². The predicted molar refractivity (Wildman–Crippen MR) is 70.7 cm³/mol. The predicted octanol–water partition coefficient (Wildman–Crippen LogP) is 4.55. The molecule has 124 valence electrons. The number of hydrogen-bond donors (Lipinski definition) is 0. The second-order valence-corrected chi connectivity index (χ2v) is 9.47. The van der Waals surface area contributed by atoms with E-state index in [0.29, 0.717) is 0 Å². The van der Waals surface area contributed by atoms with Crippen LogP contribution in [-0.4, -0.2) is 26.1 Å². The monoisotopic (exact) mass is 346 g/mol. The fourth-order valence-electron chi connectivity index (χ4n) is 1.99.